The van der Waals surface area contributed by atoms with Crippen LogP contribution in [0.2, 0.25) is 0 Å². The summed E-state index contributed by atoms with van der Waals surface area (Å²) < 4.78 is 0. The highest BCUT2D eigenvalue weighted by Gasteiger charge is 2.20. The van der Waals surface area contributed by atoms with Crippen molar-refractivity contribution < 1.29 is 0 Å². The summed E-state index contributed by atoms with van der Waals surface area (Å²) in [6.45, 7) is 4.54. The fourth-order valence-corrected chi connectivity index (χ4v) is 2.52. The predicted octanol–water partition coefficient (Wildman–Crippen LogP) is 2.49. The van der Waals surface area contributed by atoms with Crippen molar-refractivity contribution in [2.24, 2.45) is 0 Å². The summed E-state index contributed by atoms with van der Waals surface area (Å²) in [5.41, 5.74) is 0. The predicted molar refractivity (Wildman–Crippen MR) is 66.4 cm³/mol. The number of rotatable bonds is 6. The van der Waals surface area contributed by atoms with Crippen molar-refractivity contribution in [3.8, 4) is 0 Å². The van der Waals surface area contributed by atoms with Gasteiger partial charge in [-0.05, 0) is 38.3 Å². The summed E-state index contributed by atoms with van der Waals surface area (Å²) in [6.07, 6.45) is 2.76. The Balaban J connectivity index is 1.71. The van der Waals surface area contributed by atoms with Crippen molar-refractivity contribution >= 4 is 11.3 Å². The Morgan fingerprint density at radius 3 is 3.00 bits per heavy atom. The van der Waals surface area contributed by atoms with Crippen LogP contribution in [0.3, 0.4) is 0 Å². The van der Waals surface area contributed by atoms with Gasteiger partial charge in [0.25, 0.3) is 0 Å². The quantitative estimate of drug-likeness (QED) is 0.798. The Morgan fingerprint density at radius 2 is 2.40 bits per heavy atom. The van der Waals surface area contributed by atoms with E-state index >= 15 is 0 Å². The van der Waals surface area contributed by atoms with Gasteiger partial charge in [0, 0.05) is 30.1 Å². The number of hydrogen-bond donors (Lipinski definition) is 1. The lowest BCUT2D eigenvalue weighted by Crippen LogP contribution is -2.31. The van der Waals surface area contributed by atoms with E-state index in [9.17, 15) is 0 Å². The van der Waals surface area contributed by atoms with Crippen LogP contribution in [0.15, 0.2) is 17.5 Å². The maximum Gasteiger partial charge on any atom is 0.0410 e. The van der Waals surface area contributed by atoms with E-state index in [1.165, 1.54) is 17.7 Å². The van der Waals surface area contributed by atoms with Crippen LogP contribution < -0.4 is 5.32 Å². The van der Waals surface area contributed by atoms with E-state index in [-0.39, 0.29) is 0 Å². The molecule has 0 aliphatic heterocycles. The van der Waals surface area contributed by atoms with Gasteiger partial charge in [0.05, 0.1) is 0 Å². The van der Waals surface area contributed by atoms with Gasteiger partial charge in [0.2, 0.25) is 0 Å². The third kappa shape index (κ3) is 3.30. The van der Waals surface area contributed by atoms with E-state index in [0.717, 1.165) is 19.1 Å². The van der Waals surface area contributed by atoms with Crippen LogP contribution in [0.4, 0.5) is 0 Å². The molecule has 0 spiro atoms. The second-order valence-electron chi connectivity index (χ2n) is 4.40. The monoisotopic (exact) mass is 224 g/mol. The van der Waals surface area contributed by atoms with E-state index in [1.807, 2.05) is 11.3 Å². The lowest BCUT2D eigenvalue weighted by molar-refractivity contribution is 0.264. The number of thiophene rings is 1. The van der Waals surface area contributed by atoms with Crippen LogP contribution in [-0.2, 0) is 0 Å². The molecule has 0 saturated heterocycles. The highest BCUT2D eigenvalue weighted by atomic mass is 32.1. The zero-order valence-corrected chi connectivity index (χ0v) is 10.4. The van der Waals surface area contributed by atoms with Gasteiger partial charge in [0.15, 0.2) is 0 Å². The molecule has 3 heteroatoms. The molecular weight excluding hydrogens is 204 g/mol. The van der Waals surface area contributed by atoms with E-state index < -0.39 is 0 Å². The van der Waals surface area contributed by atoms with Crippen molar-refractivity contribution in [1.29, 1.82) is 0 Å². The molecule has 2 rings (SSSR count). The topological polar surface area (TPSA) is 15.3 Å². The Labute approximate surface area is 96.3 Å². The van der Waals surface area contributed by atoms with Gasteiger partial charge in [-0.2, -0.15) is 0 Å². The molecule has 84 valence electrons. The minimum atomic E-state index is 0.547. The maximum absolute atomic E-state index is 3.55. The molecule has 15 heavy (non-hydrogen) atoms. The van der Waals surface area contributed by atoms with Gasteiger partial charge in [-0.15, -0.1) is 11.3 Å². The molecule has 0 radical (unpaired) electrons. The SMILES string of the molecule is CC(c1cccs1)N(C)CCNC1CC1. The Bertz CT molecular complexity index is 280. The van der Waals surface area contributed by atoms with Crippen LogP contribution in [0, 0.1) is 0 Å². The van der Waals surface area contributed by atoms with E-state index in [4.69, 9.17) is 0 Å². The number of hydrogen-bond acceptors (Lipinski definition) is 3. The van der Waals surface area contributed by atoms with Crippen molar-refractivity contribution in [2.45, 2.75) is 31.8 Å². The minimum Gasteiger partial charge on any atom is -0.313 e. The molecule has 0 bridgehead atoms. The molecular formula is C12H20N2S. The average molecular weight is 224 g/mol. The fourth-order valence-electron chi connectivity index (χ4n) is 1.67. The molecule has 1 aromatic rings. The molecule has 2 nitrogen and oxygen atoms in total. The van der Waals surface area contributed by atoms with E-state index in [2.05, 4.69) is 41.7 Å². The van der Waals surface area contributed by atoms with E-state index in [1.54, 1.807) is 0 Å². The van der Waals surface area contributed by atoms with Gasteiger partial charge in [-0.1, -0.05) is 6.07 Å². The lowest BCUT2D eigenvalue weighted by atomic mass is 10.2. The first-order valence-electron chi connectivity index (χ1n) is 5.74. The van der Waals surface area contributed by atoms with Gasteiger partial charge in [-0.25, -0.2) is 0 Å². The summed E-state index contributed by atoms with van der Waals surface area (Å²) in [7, 11) is 2.21. The van der Waals surface area contributed by atoms with Gasteiger partial charge >= 0.3 is 0 Å². The summed E-state index contributed by atoms with van der Waals surface area (Å²) in [5.74, 6) is 0. The van der Waals surface area contributed by atoms with Crippen molar-refractivity contribution in [3.05, 3.63) is 22.4 Å². The number of likely N-dealkylation sites (N-methyl/N-ethyl adjacent to an activating group) is 1. The zero-order valence-electron chi connectivity index (χ0n) is 9.57. The lowest BCUT2D eigenvalue weighted by Gasteiger charge is -2.23. The molecule has 1 saturated carbocycles. The Kier molecular flexibility index (Phi) is 3.78. The van der Waals surface area contributed by atoms with Gasteiger partial charge < -0.3 is 5.32 Å². The molecule has 0 aromatic carbocycles. The minimum absolute atomic E-state index is 0.547. The summed E-state index contributed by atoms with van der Waals surface area (Å²) >= 11 is 1.85. The molecule has 0 amide bonds. The molecule has 1 aliphatic rings. The third-order valence-electron chi connectivity index (χ3n) is 3.09. The summed E-state index contributed by atoms with van der Waals surface area (Å²) in [4.78, 5) is 3.88. The standard InChI is InChI=1S/C12H20N2S/c1-10(12-4-3-9-15-12)14(2)8-7-13-11-5-6-11/h3-4,9-11,13H,5-8H2,1-2H3. The molecule has 1 atom stereocenters. The van der Waals surface area contributed by atoms with Crippen LogP contribution in [0.25, 0.3) is 0 Å². The molecule has 1 aliphatic carbocycles. The van der Waals surface area contributed by atoms with Crippen LogP contribution in [0.1, 0.15) is 30.7 Å². The normalized spacial score (nSPS) is 18.3. The van der Waals surface area contributed by atoms with Gasteiger partial charge in [-0.3, -0.25) is 4.90 Å². The second-order valence-corrected chi connectivity index (χ2v) is 5.38. The smallest absolute Gasteiger partial charge is 0.0410 e. The number of nitrogens with zero attached hydrogens (tertiary/aromatic N) is 1. The molecule has 1 aromatic heterocycles. The van der Waals surface area contributed by atoms with Crippen LogP contribution in [0.5, 0.6) is 0 Å². The van der Waals surface area contributed by atoms with Gasteiger partial charge in [0.1, 0.15) is 0 Å². The average Bonchev–Trinajstić information content (AvgIpc) is 2.90. The third-order valence-corrected chi connectivity index (χ3v) is 4.13. The van der Waals surface area contributed by atoms with Crippen molar-refractivity contribution in [2.75, 3.05) is 20.1 Å². The first-order chi connectivity index (χ1) is 7.27. The molecule has 1 N–H and O–H groups in total. The van der Waals surface area contributed by atoms with Crippen LogP contribution in [-0.4, -0.2) is 31.1 Å². The Hall–Kier alpha value is -0.380. The van der Waals surface area contributed by atoms with Crippen molar-refractivity contribution in [1.82, 2.24) is 10.2 Å². The highest BCUT2D eigenvalue weighted by molar-refractivity contribution is 7.10. The zero-order chi connectivity index (χ0) is 10.7. The molecule has 1 fully saturated rings. The summed E-state index contributed by atoms with van der Waals surface area (Å²) in [6, 6.07) is 5.73. The highest BCUT2D eigenvalue weighted by Crippen LogP contribution is 2.23. The largest absolute Gasteiger partial charge is 0.313 e. The van der Waals surface area contributed by atoms with Crippen molar-refractivity contribution in [3.63, 3.8) is 0 Å². The molecule has 1 unspecified atom stereocenters. The fraction of sp³-hybridized carbons (Fsp3) is 0.667. The van der Waals surface area contributed by atoms with E-state index in [0.29, 0.717) is 6.04 Å². The number of nitrogens with one attached hydrogen (secondary N) is 1. The maximum atomic E-state index is 3.55. The first kappa shape index (κ1) is 11.1. The summed E-state index contributed by atoms with van der Waals surface area (Å²) in [5, 5.41) is 5.70. The Morgan fingerprint density at radius 1 is 1.60 bits per heavy atom. The molecule has 1 heterocycles. The second kappa shape index (κ2) is 5.10. The first-order valence-corrected chi connectivity index (χ1v) is 6.62. The van der Waals surface area contributed by atoms with Crippen LogP contribution >= 0.6 is 11.3 Å².